The summed E-state index contributed by atoms with van der Waals surface area (Å²) in [5.41, 5.74) is 1.12. The van der Waals surface area contributed by atoms with E-state index in [0.717, 1.165) is 63.2 Å². The zero-order valence-electron chi connectivity index (χ0n) is 15.6. The van der Waals surface area contributed by atoms with Crippen LogP contribution in [0.25, 0.3) is 0 Å². The third kappa shape index (κ3) is 4.66. The first kappa shape index (κ1) is 18.1. The van der Waals surface area contributed by atoms with E-state index >= 15 is 0 Å². The second kappa shape index (κ2) is 8.56. The van der Waals surface area contributed by atoms with Gasteiger partial charge in [0, 0.05) is 39.1 Å². The van der Waals surface area contributed by atoms with Crippen LogP contribution >= 0.6 is 0 Å². The van der Waals surface area contributed by atoms with Gasteiger partial charge in [0.25, 0.3) is 0 Å². The molecule has 0 bridgehead atoms. The van der Waals surface area contributed by atoms with Gasteiger partial charge in [-0.1, -0.05) is 19.1 Å². The molecule has 0 radical (unpaired) electrons. The van der Waals surface area contributed by atoms with E-state index in [0.29, 0.717) is 12.3 Å². The third-order valence-corrected chi connectivity index (χ3v) is 5.58. The molecule has 2 aliphatic rings. The summed E-state index contributed by atoms with van der Waals surface area (Å²) in [5, 5.41) is 0. The number of hydrogen-bond donors (Lipinski definition) is 0. The number of rotatable bonds is 5. The summed E-state index contributed by atoms with van der Waals surface area (Å²) in [6, 6.07) is 8.11. The molecule has 0 saturated carbocycles. The molecule has 0 atom stereocenters. The van der Waals surface area contributed by atoms with Gasteiger partial charge in [-0.15, -0.1) is 0 Å². The number of hydrogen-bond acceptors (Lipinski definition) is 4. The normalized spacial score (nSPS) is 19.9. The number of nitrogens with zero attached hydrogens (tertiary/aromatic N) is 3. The molecule has 0 aromatic heterocycles. The molecule has 5 heteroatoms. The van der Waals surface area contributed by atoms with Gasteiger partial charge in [-0.2, -0.15) is 0 Å². The summed E-state index contributed by atoms with van der Waals surface area (Å²) >= 11 is 0. The molecule has 1 amide bonds. The van der Waals surface area contributed by atoms with Crippen molar-refractivity contribution in [1.82, 2.24) is 9.80 Å². The predicted octanol–water partition coefficient (Wildman–Crippen LogP) is 2.47. The summed E-state index contributed by atoms with van der Waals surface area (Å²) in [6.45, 7) is 8.87. The van der Waals surface area contributed by atoms with Crippen LogP contribution in [0.3, 0.4) is 0 Å². The highest BCUT2D eigenvalue weighted by Gasteiger charge is 2.23. The van der Waals surface area contributed by atoms with Crippen LogP contribution in [-0.2, 0) is 4.79 Å². The van der Waals surface area contributed by atoms with Gasteiger partial charge >= 0.3 is 0 Å². The largest absolute Gasteiger partial charge is 0.495 e. The zero-order valence-corrected chi connectivity index (χ0v) is 15.6. The van der Waals surface area contributed by atoms with E-state index in [-0.39, 0.29) is 0 Å². The summed E-state index contributed by atoms with van der Waals surface area (Å²) in [7, 11) is 1.71. The first-order chi connectivity index (χ1) is 12.2. The monoisotopic (exact) mass is 345 g/mol. The van der Waals surface area contributed by atoms with E-state index < -0.39 is 0 Å². The minimum absolute atomic E-state index is 0.304. The molecule has 0 N–H and O–H groups in total. The molecule has 1 aromatic rings. The number of benzene rings is 1. The van der Waals surface area contributed by atoms with Gasteiger partial charge in [-0.3, -0.25) is 4.79 Å². The van der Waals surface area contributed by atoms with Crippen LogP contribution < -0.4 is 9.64 Å². The Kier molecular flexibility index (Phi) is 6.19. The van der Waals surface area contributed by atoms with Crippen LogP contribution in [0.2, 0.25) is 0 Å². The molecule has 0 unspecified atom stereocenters. The maximum absolute atomic E-state index is 12.5. The molecule has 2 aliphatic heterocycles. The van der Waals surface area contributed by atoms with Crippen molar-refractivity contribution in [3.63, 3.8) is 0 Å². The molecule has 3 rings (SSSR count). The van der Waals surface area contributed by atoms with Gasteiger partial charge in [0.05, 0.1) is 12.8 Å². The molecular formula is C20H31N3O2. The van der Waals surface area contributed by atoms with Crippen molar-refractivity contribution in [2.45, 2.75) is 26.2 Å². The fourth-order valence-electron chi connectivity index (χ4n) is 3.79. The maximum Gasteiger partial charge on any atom is 0.223 e. The molecule has 5 nitrogen and oxygen atoms in total. The quantitative estimate of drug-likeness (QED) is 0.821. The highest BCUT2D eigenvalue weighted by molar-refractivity contribution is 5.76. The van der Waals surface area contributed by atoms with Crippen molar-refractivity contribution < 1.29 is 9.53 Å². The molecule has 1 aromatic carbocycles. The minimum Gasteiger partial charge on any atom is -0.495 e. The van der Waals surface area contributed by atoms with Gasteiger partial charge in [0.1, 0.15) is 5.75 Å². The summed E-state index contributed by atoms with van der Waals surface area (Å²) in [4.78, 5) is 19.3. The maximum atomic E-state index is 12.5. The Labute approximate surface area is 151 Å². The first-order valence-electron chi connectivity index (χ1n) is 9.55. The molecule has 138 valence electrons. The molecule has 2 heterocycles. The number of para-hydroxylation sites is 2. The van der Waals surface area contributed by atoms with E-state index in [4.69, 9.17) is 4.74 Å². The van der Waals surface area contributed by atoms with Crippen LogP contribution in [0.4, 0.5) is 5.69 Å². The van der Waals surface area contributed by atoms with Crippen molar-refractivity contribution in [3.05, 3.63) is 24.3 Å². The standard InChI is InChI=1S/C20H31N3O2/c1-17-7-10-21(11-8-17)12-9-20(24)23-15-13-22(14-16-23)18-5-3-4-6-19(18)25-2/h3-6,17H,7-16H2,1-2H3. The van der Waals surface area contributed by atoms with E-state index in [1.54, 1.807) is 7.11 Å². The number of methoxy groups -OCH3 is 1. The number of anilines is 1. The Hall–Kier alpha value is -1.75. The molecular weight excluding hydrogens is 314 g/mol. The lowest BCUT2D eigenvalue weighted by molar-refractivity contribution is -0.131. The van der Waals surface area contributed by atoms with Crippen molar-refractivity contribution in [1.29, 1.82) is 0 Å². The minimum atomic E-state index is 0.304. The fourth-order valence-corrected chi connectivity index (χ4v) is 3.79. The van der Waals surface area contributed by atoms with Crippen LogP contribution in [-0.4, -0.2) is 68.6 Å². The predicted molar refractivity (Wildman–Crippen MR) is 101 cm³/mol. The Bertz CT molecular complexity index is 562. The number of likely N-dealkylation sites (tertiary alicyclic amines) is 1. The molecule has 2 fully saturated rings. The Morgan fingerprint density at radius 2 is 1.76 bits per heavy atom. The number of carbonyl (C=O) groups excluding carboxylic acids is 1. The second-order valence-corrected chi connectivity index (χ2v) is 7.31. The summed E-state index contributed by atoms with van der Waals surface area (Å²) in [6.07, 6.45) is 3.20. The van der Waals surface area contributed by atoms with Crippen molar-refractivity contribution in [3.8, 4) is 5.75 Å². The van der Waals surface area contributed by atoms with Crippen molar-refractivity contribution in [2.75, 3.05) is 57.8 Å². The van der Waals surface area contributed by atoms with E-state index in [1.165, 1.54) is 12.8 Å². The number of amides is 1. The van der Waals surface area contributed by atoms with E-state index in [1.807, 2.05) is 23.1 Å². The number of piperazine rings is 1. The molecule has 0 aliphatic carbocycles. The zero-order chi connectivity index (χ0) is 17.6. The average molecular weight is 345 g/mol. The highest BCUT2D eigenvalue weighted by Crippen LogP contribution is 2.28. The fraction of sp³-hybridized carbons (Fsp3) is 0.650. The van der Waals surface area contributed by atoms with Crippen LogP contribution in [0, 0.1) is 5.92 Å². The Balaban J connectivity index is 1.44. The van der Waals surface area contributed by atoms with Gasteiger partial charge in [-0.05, 0) is 44.0 Å². The van der Waals surface area contributed by atoms with Crippen molar-refractivity contribution >= 4 is 11.6 Å². The van der Waals surface area contributed by atoms with Gasteiger partial charge in [0.2, 0.25) is 5.91 Å². The average Bonchev–Trinajstić information content (AvgIpc) is 2.67. The van der Waals surface area contributed by atoms with Gasteiger partial charge < -0.3 is 19.4 Å². The molecule has 25 heavy (non-hydrogen) atoms. The lowest BCUT2D eigenvalue weighted by atomic mass is 9.99. The third-order valence-electron chi connectivity index (χ3n) is 5.58. The van der Waals surface area contributed by atoms with Gasteiger partial charge in [-0.25, -0.2) is 0 Å². The first-order valence-corrected chi connectivity index (χ1v) is 9.55. The Morgan fingerprint density at radius 3 is 2.44 bits per heavy atom. The number of carbonyl (C=O) groups is 1. The molecule has 0 spiro atoms. The lowest BCUT2D eigenvalue weighted by Gasteiger charge is -2.37. The lowest BCUT2D eigenvalue weighted by Crippen LogP contribution is -2.49. The second-order valence-electron chi connectivity index (χ2n) is 7.31. The summed E-state index contributed by atoms with van der Waals surface area (Å²) < 4.78 is 5.46. The van der Waals surface area contributed by atoms with Crippen LogP contribution in [0.15, 0.2) is 24.3 Å². The smallest absolute Gasteiger partial charge is 0.223 e. The van der Waals surface area contributed by atoms with E-state index in [2.05, 4.69) is 22.8 Å². The van der Waals surface area contributed by atoms with Crippen LogP contribution in [0.5, 0.6) is 5.75 Å². The van der Waals surface area contributed by atoms with Gasteiger partial charge in [0.15, 0.2) is 0 Å². The van der Waals surface area contributed by atoms with Crippen LogP contribution in [0.1, 0.15) is 26.2 Å². The number of piperidine rings is 1. The van der Waals surface area contributed by atoms with Crippen molar-refractivity contribution in [2.24, 2.45) is 5.92 Å². The SMILES string of the molecule is COc1ccccc1N1CCN(C(=O)CCN2CCC(C)CC2)CC1. The molecule has 2 saturated heterocycles. The topological polar surface area (TPSA) is 36.0 Å². The highest BCUT2D eigenvalue weighted by atomic mass is 16.5. The summed E-state index contributed by atoms with van der Waals surface area (Å²) in [5.74, 6) is 2.05. The Morgan fingerprint density at radius 1 is 1.08 bits per heavy atom. The van der Waals surface area contributed by atoms with E-state index in [9.17, 15) is 4.79 Å². The number of ether oxygens (including phenoxy) is 1.